The molecule has 0 spiro atoms. The summed E-state index contributed by atoms with van der Waals surface area (Å²) in [6, 6.07) is 6.23. The van der Waals surface area contributed by atoms with E-state index in [1.165, 1.54) is 11.1 Å². The fraction of sp³-hybridized carbons (Fsp3) is 0.500. The number of aromatic nitrogens is 1. The summed E-state index contributed by atoms with van der Waals surface area (Å²) in [4.78, 5) is 14.5. The number of fused-ring (bicyclic) bond motifs is 1. The Morgan fingerprint density at radius 3 is 2.88 bits per heavy atom. The molecule has 1 aromatic heterocycles. The second-order valence-corrected chi connectivity index (χ2v) is 6.91. The number of carbonyl (C=O) groups is 1. The van der Waals surface area contributed by atoms with Crippen molar-refractivity contribution in [3.05, 3.63) is 46.3 Å². The maximum absolute atomic E-state index is 12.7. The van der Waals surface area contributed by atoms with Gasteiger partial charge in [-0.05, 0) is 62.3 Å². The summed E-state index contributed by atoms with van der Waals surface area (Å²) >= 11 is 0. The molecule has 2 aromatic rings. The van der Waals surface area contributed by atoms with Crippen molar-refractivity contribution in [2.45, 2.75) is 52.0 Å². The van der Waals surface area contributed by atoms with Crippen molar-refractivity contribution >= 4 is 5.91 Å². The van der Waals surface area contributed by atoms with Crippen molar-refractivity contribution in [3.8, 4) is 5.75 Å². The molecule has 0 saturated heterocycles. The molecule has 1 aliphatic rings. The van der Waals surface area contributed by atoms with Crippen LogP contribution in [0.5, 0.6) is 5.75 Å². The minimum atomic E-state index is 0.161. The number of aryl methyl sites for hydroxylation is 3. The Morgan fingerprint density at radius 2 is 2.20 bits per heavy atom. The van der Waals surface area contributed by atoms with Crippen LogP contribution in [0.3, 0.4) is 0 Å². The first kappa shape index (κ1) is 17.5. The minimum absolute atomic E-state index is 0.161. The lowest BCUT2D eigenvalue weighted by atomic mass is 9.80. The first-order valence-electron chi connectivity index (χ1n) is 8.82. The zero-order chi connectivity index (χ0) is 18.0. The Bertz CT molecular complexity index is 747. The Hall–Kier alpha value is -2.30. The van der Waals surface area contributed by atoms with Crippen LogP contribution in [0.15, 0.2) is 22.7 Å². The molecular weight excluding hydrogens is 316 g/mol. The number of rotatable bonds is 5. The number of carbonyl (C=O) groups excluding carboxylic acids is 1. The van der Waals surface area contributed by atoms with E-state index in [2.05, 4.69) is 17.3 Å². The second kappa shape index (κ2) is 7.30. The van der Waals surface area contributed by atoms with Crippen molar-refractivity contribution < 1.29 is 14.1 Å². The van der Waals surface area contributed by atoms with Gasteiger partial charge in [-0.25, -0.2) is 0 Å². The van der Waals surface area contributed by atoms with Crippen LogP contribution >= 0.6 is 0 Å². The zero-order valence-corrected chi connectivity index (χ0v) is 15.5. The number of hydrogen-bond acceptors (Lipinski definition) is 4. The van der Waals surface area contributed by atoms with Crippen molar-refractivity contribution in [2.75, 3.05) is 14.2 Å². The van der Waals surface area contributed by atoms with Gasteiger partial charge in [0.1, 0.15) is 11.5 Å². The largest absolute Gasteiger partial charge is 0.497 e. The third-order valence-electron chi connectivity index (χ3n) is 5.21. The normalized spacial score (nSPS) is 16.4. The van der Waals surface area contributed by atoms with Gasteiger partial charge >= 0.3 is 0 Å². The average Bonchev–Trinajstić information content (AvgIpc) is 2.93. The van der Waals surface area contributed by atoms with Crippen molar-refractivity contribution in [3.63, 3.8) is 0 Å². The van der Waals surface area contributed by atoms with Gasteiger partial charge in [-0.2, -0.15) is 0 Å². The predicted octanol–water partition coefficient (Wildman–Crippen LogP) is 3.77. The van der Waals surface area contributed by atoms with Crippen LogP contribution < -0.4 is 4.74 Å². The van der Waals surface area contributed by atoms with E-state index in [1.807, 2.05) is 27.0 Å². The molecule has 1 atom stereocenters. The number of methoxy groups -OCH3 is 1. The van der Waals surface area contributed by atoms with E-state index in [1.54, 1.807) is 12.0 Å². The molecule has 134 valence electrons. The van der Waals surface area contributed by atoms with Gasteiger partial charge in [-0.3, -0.25) is 4.79 Å². The summed E-state index contributed by atoms with van der Waals surface area (Å²) in [5.74, 6) is 2.12. The maximum atomic E-state index is 12.7. The fourth-order valence-corrected chi connectivity index (χ4v) is 3.65. The summed E-state index contributed by atoms with van der Waals surface area (Å²) in [6.07, 6.45) is 3.78. The summed E-state index contributed by atoms with van der Waals surface area (Å²) in [7, 11) is 3.54. The van der Waals surface area contributed by atoms with E-state index >= 15 is 0 Å². The monoisotopic (exact) mass is 342 g/mol. The number of hydrogen-bond donors (Lipinski definition) is 0. The number of amides is 1. The molecule has 5 heteroatoms. The molecule has 5 nitrogen and oxygen atoms in total. The van der Waals surface area contributed by atoms with Crippen LogP contribution in [0, 0.1) is 13.8 Å². The van der Waals surface area contributed by atoms with Gasteiger partial charge in [-0.15, -0.1) is 0 Å². The molecule has 0 N–H and O–H groups in total. The predicted molar refractivity (Wildman–Crippen MR) is 95.7 cm³/mol. The molecule has 25 heavy (non-hydrogen) atoms. The van der Waals surface area contributed by atoms with Gasteiger partial charge in [0.15, 0.2) is 0 Å². The van der Waals surface area contributed by atoms with E-state index < -0.39 is 0 Å². The first-order valence-corrected chi connectivity index (χ1v) is 8.82. The van der Waals surface area contributed by atoms with E-state index in [0.29, 0.717) is 13.0 Å². The molecule has 0 unspecified atom stereocenters. The highest BCUT2D eigenvalue weighted by Crippen LogP contribution is 2.36. The molecule has 0 aliphatic heterocycles. The van der Waals surface area contributed by atoms with Crippen LogP contribution in [0.25, 0.3) is 0 Å². The lowest BCUT2D eigenvalue weighted by Gasteiger charge is -2.27. The van der Waals surface area contributed by atoms with Crippen LogP contribution in [-0.4, -0.2) is 30.1 Å². The second-order valence-electron chi connectivity index (χ2n) is 6.91. The number of nitrogens with zero attached hydrogens (tertiary/aromatic N) is 2. The zero-order valence-electron chi connectivity index (χ0n) is 15.5. The molecule has 0 fully saturated rings. The van der Waals surface area contributed by atoms with Gasteiger partial charge in [0.05, 0.1) is 19.3 Å². The molecule has 1 aromatic carbocycles. The van der Waals surface area contributed by atoms with Gasteiger partial charge in [0.25, 0.3) is 0 Å². The highest BCUT2D eigenvalue weighted by atomic mass is 16.5. The third kappa shape index (κ3) is 3.70. The smallest absolute Gasteiger partial charge is 0.223 e. The van der Waals surface area contributed by atoms with E-state index in [-0.39, 0.29) is 11.8 Å². The quantitative estimate of drug-likeness (QED) is 0.830. The number of benzene rings is 1. The lowest BCUT2D eigenvalue weighted by molar-refractivity contribution is -0.130. The third-order valence-corrected chi connectivity index (χ3v) is 5.21. The summed E-state index contributed by atoms with van der Waals surface area (Å²) < 4.78 is 10.5. The van der Waals surface area contributed by atoms with Crippen molar-refractivity contribution in [2.24, 2.45) is 0 Å². The molecule has 1 aliphatic carbocycles. The van der Waals surface area contributed by atoms with Gasteiger partial charge in [0.2, 0.25) is 5.91 Å². The lowest BCUT2D eigenvalue weighted by Crippen LogP contribution is -2.28. The van der Waals surface area contributed by atoms with Crippen molar-refractivity contribution in [1.29, 1.82) is 0 Å². The minimum Gasteiger partial charge on any atom is -0.497 e. The maximum Gasteiger partial charge on any atom is 0.223 e. The molecule has 0 bridgehead atoms. The summed E-state index contributed by atoms with van der Waals surface area (Å²) in [5.41, 5.74) is 4.47. The van der Waals surface area contributed by atoms with Crippen LogP contribution in [0.1, 0.15) is 53.3 Å². The molecule has 0 radical (unpaired) electrons. The Kier molecular flexibility index (Phi) is 5.11. The first-order chi connectivity index (χ1) is 12.0. The number of ether oxygens (including phenoxy) is 1. The Morgan fingerprint density at radius 1 is 1.40 bits per heavy atom. The SMILES string of the molecule is COc1ccc2c(c1)CCC[C@@H]2CC(=O)N(C)Cc1c(C)noc1C. The van der Waals surface area contributed by atoms with Crippen LogP contribution in [0.4, 0.5) is 0 Å². The average molecular weight is 342 g/mol. The molecule has 1 amide bonds. The molecule has 1 heterocycles. The molecule has 3 rings (SSSR count). The Balaban J connectivity index is 1.69. The summed E-state index contributed by atoms with van der Waals surface area (Å²) in [6.45, 7) is 4.34. The fourth-order valence-electron chi connectivity index (χ4n) is 3.65. The van der Waals surface area contributed by atoms with Crippen molar-refractivity contribution in [1.82, 2.24) is 10.1 Å². The van der Waals surface area contributed by atoms with E-state index in [9.17, 15) is 4.79 Å². The van der Waals surface area contributed by atoms with E-state index in [4.69, 9.17) is 9.26 Å². The topological polar surface area (TPSA) is 55.6 Å². The van der Waals surface area contributed by atoms with E-state index in [0.717, 1.165) is 42.0 Å². The van der Waals surface area contributed by atoms with Crippen LogP contribution in [-0.2, 0) is 17.8 Å². The molecular formula is C20H26N2O3. The molecule has 0 saturated carbocycles. The standard InChI is InChI=1S/C20H26N2O3/c1-13-19(14(2)25-21-13)12-22(3)20(23)11-16-7-5-6-15-10-17(24-4)8-9-18(15)16/h8-10,16H,5-7,11-12H2,1-4H3/t16-/m1/s1. The van der Waals surface area contributed by atoms with Gasteiger partial charge < -0.3 is 14.2 Å². The van der Waals surface area contributed by atoms with Crippen LogP contribution in [0.2, 0.25) is 0 Å². The van der Waals surface area contributed by atoms with Gasteiger partial charge in [0, 0.05) is 19.0 Å². The van der Waals surface area contributed by atoms with Gasteiger partial charge in [-0.1, -0.05) is 11.2 Å². The highest BCUT2D eigenvalue weighted by Gasteiger charge is 2.25. The summed E-state index contributed by atoms with van der Waals surface area (Å²) in [5, 5.41) is 3.97. The highest BCUT2D eigenvalue weighted by molar-refractivity contribution is 5.77. The Labute approximate surface area is 148 Å².